The predicted molar refractivity (Wildman–Crippen MR) is 69.7 cm³/mol. The minimum atomic E-state index is 0.363. The first-order valence-electron chi connectivity index (χ1n) is 6.33. The molecule has 1 aliphatic carbocycles. The van der Waals surface area contributed by atoms with E-state index in [2.05, 4.69) is 35.0 Å². The lowest BCUT2D eigenvalue weighted by Gasteiger charge is -2.36. The van der Waals surface area contributed by atoms with Gasteiger partial charge in [0.25, 0.3) is 0 Å². The Hall–Kier alpha value is -1.51. The van der Waals surface area contributed by atoms with Gasteiger partial charge in [0.15, 0.2) is 5.78 Å². The molecule has 1 aromatic rings. The Morgan fingerprint density at radius 1 is 1.24 bits per heavy atom. The van der Waals surface area contributed by atoms with Crippen LogP contribution in [0.5, 0.6) is 0 Å². The smallest absolute Gasteiger partial charge is 0.155 e. The second kappa shape index (κ2) is 4.06. The van der Waals surface area contributed by atoms with Gasteiger partial charge in [0.05, 0.1) is 17.9 Å². The molecular weight excluding hydrogens is 212 g/mol. The normalized spacial score (nSPS) is 19.1. The van der Waals surface area contributed by atoms with Gasteiger partial charge in [-0.15, -0.1) is 0 Å². The minimum Gasteiger partial charge on any atom is -0.371 e. The second-order valence-corrected chi connectivity index (χ2v) is 5.07. The van der Waals surface area contributed by atoms with Gasteiger partial charge < -0.3 is 9.80 Å². The van der Waals surface area contributed by atoms with Crippen molar-refractivity contribution in [2.75, 3.05) is 36.5 Å². The molecule has 1 heterocycles. The van der Waals surface area contributed by atoms with Crippen LogP contribution in [-0.4, -0.2) is 32.5 Å². The molecule has 1 fully saturated rings. The molecule has 1 aliphatic heterocycles. The lowest BCUT2D eigenvalue weighted by molar-refractivity contribution is -0.118. The van der Waals surface area contributed by atoms with Gasteiger partial charge in [0.2, 0.25) is 0 Å². The summed E-state index contributed by atoms with van der Waals surface area (Å²) in [6, 6.07) is 8.35. The number of benzene rings is 1. The van der Waals surface area contributed by atoms with Gasteiger partial charge in [0, 0.05) is 26.1 Å². The topological polar surface area (TPSA) is 23.6 Å². The first-order chi connectivity index (χ1) is 8.25. The highest BCUT2D eigenvalue weighted by Gasteiger charge is 2.31. The Morgan fingerprint density at radius 2 is 1.94 bits per heavy atom. The average molecular weight is 230 g/mol. The highest BCUT2D eigenvalue weighted by atomic mass is 16.1. The molecule has 3 nitrogen and oxygen atoms in total. The number of fused-ring (bicyclic) bond motifs is 1. The number of nitrogens with zero attached hydrogens (tertiary/aromatic N) is 2. The summed E-state index contributed by atoms with van der Waals surface area (Å²) in [5, 5.41) is 0. The standard InChI is InChI=1S/C14H18N2O/c1-15-8-9-16(10-14(17)11-6-7-11)13-5-3-2-4-12(13)15/h2-5,11H,6-10H2,1H3. The fourth-order valence-electron chi connectivity index (χ4n) is 2.45. The van der Waals surface area contributed by atoms with Crippen LogP contribution in [0.3, 0.4) is 0 Å². The number of hydrogen-bond acceptors (Lipinski definition) is 3. The van der Waals surface area contributed by atoms with Crippen molar-refractivity contribution < 1.29 is 4.79 Å². The van der Waals surface area contributed by atoms with Crippen molar-refractivity contribution in [3.63, 3.8) is 0 Å². The first-order valence-corrected chi connectivity index (χ1v) is 6.33. The fraction of sp³-hybridized carbons (Fsp3) is 0.500. The molecule has 0 atom stereocenters. The van der Waals surface area contributed by atoms with Crippen LogP contribution >= 0.6 is 0 Å². The molecule has 90 valence electrons. The molecule has 0 saturated heterocycles. The van der Waals surface area contributed by atoms with E-state index in [1.165, 1.54) is 11.4 Å². The third kappa shape index (κ3) is 2.02. The van der Waals surface area contributed by atoms with Gasteiger partial charge in [-0.3, -0.25) is 4.79 Å². The van der Waals surface area contributed by atoms with Crippen molar-refractivity contribution in [1.82, 2.24) is 0 Å². The lowest BCUT2D eigenvalue weighted by atomic mass is 10.1. The summed E-state index contributed by atoms with van der Waals surface area (Å²) in [5.41, 5.74) is 2.44. The van der Waals surface area contributed by atoms with Gasteiger partial charge >= 0.3 is 0 Å². The molecule has 17 heavy (non-hydrogen) atoms. The van der Waals surface area contributed by atoms with E-state index in [1.54, 1.807) is 0 Å². The number of likely N-dealkylation sites (N-methyl/N-ethyl adjacent to an activating group) is 1. The number of anilines is 2. The Balaban J connectivity index is 1.82. The van der Waals surface area contributed by atoms with Crippen LogP contribution in [-0.2, 0) is 4.79 Å². The number of carbonyl (C=O) groups excluding carboxylic acids is 1. The van der Waals surface area contributed by atoms with Crippen molar-refractivity contribution in [2.45, 2.75) is 12.8 Å². The zero-order valence-corrected chi connectivity index (χ0v) is 10.2. The van der Waals surface area contributed by atoms with Crippen LogP contribution in [0.25, 0.3) is 0 Å². The zero-order valence-electron chi connectivity index (χ0n) is 10.2. The Bertz CT molecular complexity index is 440. The van der Waals surface area contributed by atoms with Gasteiger partial charge in [-0.25, -0.2) is 0 Å². The monoisotopic (exact) mass is 230 g/mol. The Morgan fingerprint density at radius 3 is 2.65 bits per heavy atom. The largest absolute Gasteiger partial charge is 0.371 e. The number of ketones is 1. The third-order valence-corrected chi connectivity index (χ3v) is 3.72. The molecular formula is C14H18N2O. The number of hydrogen-bond donors (Lipinski definition) is 0. The van der Waals surface area contributed by atoms with E-state index in [-0.39, 0.29) is 0 Å². The molecule has 2 aliphatic rings. The van der Waals surface area contributed by atoms with E-state index in [1.807, 2.05) is 6.07 Å². The molecule has 3 heteroatoms. The van der Waals surface area contributed by atoms with Crippen LogP contribution in [0, 0.1) is 5.92 Å². The second-order valence-electron chi connectivity index (χ2n) is 5.07. The van der Waals surface area contributed by atoms with E-state index in [0.717, 1.165) is 25.9 Å². The van der Waals surface area contributed by atoms with E-state index in [0.29, 0.717) is 18.2 Å². The molecule has 0 amide bonds. The molecule has 1 saturated carbocycles. The molecule has 0 spiro atoms. The summed E-state index contributed by atoms with van der Waals surface area (Å²) in [6.07, 6.45) is 2.21. The van der Waals surface area contributed by atoms with E-state index in [9.17, 15) is 4.79 Å². The van der Waals surface area contributed by atoms with Crippen molar-refractivity contribution in [3.8, 4) is 0 Å². The quantitative estimate of drug-likeness (QED) is 0.792. The number of para-hydroxylation sites is 2. The summed E-state index contributed by atoms with van der Waals surface area (Å²) in [6.45, 7) is 2.54. The van der Waals surface area contributed by atoms with Gasteiger partial charge in [-0.2, -0.15) is 0 Å². The SMILES string of the molecule is CN1CCN(CC(=O)C2CC2)c2ccccc21. The molecule has 0 bridgehead atoms. The summed E-state index contributed by atoms with van der Waals surface area (Å²) >= 11 is 0. The summed E-state index contributed by atoms with van der Waals surface area (Å²) in [5.74, 6) is 0.783. The van der Waals surface area contributed by atoms with Crippen LogP contribution in [0.2, 0.25) is 0 Å². The molecule has 1 aromatic carbocycles. The Labute approximate surface area is 102 Å². The first kappa shape index (κ1) is 10.6. The molecule has 0 N–H and O–H groups in total. The van der Waals surface area contributed by atoms with E-state index in [4.69, 9.17) is 0 Å². The maximum atomic E-state index is 11.9. The Kier molecular flexibility index (Phi) is 2.54. The van der Waals surface area contributed by atoms with Crippen molar-refractivity contribution >= 4 is 17.2 Å². The fourth-order valence-corrected chi connectivity index (χ4v) is 2.45. The summed E-state index contributed by atoms with van der Waals surface area (Å²) in [7, 11) is 2.11. The van der Waals surface area contributed by atoms with Crippen LogP contribution in [0.1, 0.15) is 12.8 Å². The summed E-state index contributed by atoms with van der Waals surface area (Å²) in [4.78, 5) is 16.4. The maximum absolute atomic E-state index is 11.9. The number of Topliss-reactive ketones (excluding diaryl/α,β-unsaturated/α-hetero) is 1. The maximum Gasteiger partial charge on any atom is 0.155 e. The van der Waals surface area contributed by atoms with Gasteiger partial charge in [-0.1, -0.05) is 12.1 Å². The zero-order chi connectivity index (χ0) is 11.8. The van der Waals surface area contributed by atoms with E-state index >= 15 is 0 Å². The van der Waals surface area contributed by atoms with Crippen molar-refractivity contribution in [1.29, 1.82) is 0 Å². The number of carbonyl (C=O) groups is 1. The highest BCUT2D eigenvalue weighted by molar-refractivity contribution is 5.89. The number of rotatable bonds is 3. The van der Waals surface area contributed by atoms with Crippen molar-refractivity contribution in [2.24, 2.45) is 5.92 Å². The molecule has 3 rings (SSSR count). The highest BCUT2D eigenvalue weighted by Crippen LogP contribution is 2.34. The third-order valence-electron chi connectivity index (χ3n) is 3.72. The average Bonchev–Trinajstić information content (AvgIpc) is 3.17. The van der Waals surface area contributed by atoms with Crippen LogP contribution < -0.4 is 9.80 Å². The minimum absolute atomic E-state index is 0.363. The lowest BCUT2D eigenvalue weighted by Crippen LogP contribution is -2.42. The van der Waals surface area contributed by atoms with Gasteiger partial charge in [-0.05, 0) is 25.0 Å². The van der Waals surface area contributed by atoms with Crippen molar-refractivity contribution in [3.05, 3.63) is 24.3 Å². The van der Waals surface area contributed by atoms with Crippen LogP contribution in [0.4, 0.5) is 11.4 Å². The molecule has 0 radical (unpaired) electrons. The predicted octanol–water partition coefficient (Wildman–Crippen LogP) is 1.92. The molecule has 0 unspecified atom stereocenters. The van der Waals surface area contributed by atoms with Crippen LogP contribution in [0.15, 0.2) is 24.3 Å². The summed E-state index contributed by atoms with van der Waals surface area (Å²) < 4.78 is 0. The molecule has 0 aromatic heterocycles. The van der Waals surface area contributed by atoms with E-state index < -0.39 is 0 Å². The van der Waals surface area contributed by atoms with Gasteiger partial charge in [0.1, 0.15) is 0 Å².